The third-order valence-electron chi connectivity index (χ3n) is 5.50. The van der Waals surface area contributed by atoms with Crippen LogP contribution in [-0.4, -0.2) is 41.7 Å². The first-order chi connectivity index (χ1) is 13.2. The Morgan fingerprint density at radius 1 is 1.15 bits per heavy atom. The van der Waals surface area contributed by atoms with Crippen molar-refractivity contribution in [3.63, 3.8) is 0 Å². The molecule has 5 nitrogen and oxygen atoms in total. The predicted octanol–water partition coefficient (Wildman–Crippen LogP) is 2.51. The molecule has 142 valence electrons. The number of nitrogens with zero attached hydrogens (tertiary/aromatic N) is 1. The third kappa shape index (κ3) is 4.31. The largest absolute Gasteiger partial charge is 0.492 e. The Bertz CT molecular complexity index is 774. The van der Waals surface area contributed by atoms with Crippen LogP contribution in [0.4, 0.5) is 0 Å². The first-order valence-electron chi connectivity index (χ1n) is 9.64. The van der Waals surface area contributed by atoms with Gasteiger partial charge in [-0.1, -0.05) is 48.5 Å². The Kier molecular flexibility index (Phi) is 5.41. The maximum atomic E-state index is 12.8. The fraction of sp³-hybridized carbons (Fsp3) is 0.409. The second kappa shape index (κ2) is 8.11. The van der Waals surface area contributed by atoms with Gasteiger partial charge >= 0.3 is 0 Å². The van der Waals surface area contributed by atoms with E-state index in [1.165, 1.54) is 0 Å². The van der Waals surface area contributed by atoms with Gasteiger partial charge in [-0.2, -0.15) is 0 Å². The van der Waals surface area contributed by atoms with Gasteiger partial charge in [0.2, 0.25) is 5.91 Å². The Labute approximate surface area is 160 Å². The number of fused-ring (bicyclic) bond motifs is 1. The summed E-state index contributed by atoms with van der Waals surface area (Å²) in [5, 5.41) is 12.9. The van der Waals surface area contributed by atoms with Crippen molar-refractivity contribution in [1.82, 2.24) is 10.2 Å². The highest BCUT2D eigenvalue weighted by Crippen LogP contribution is 2.38. The van der Waals surface area contributed by atoms with E-state index < -0.39 is 0 Å². The SMILES string of the molecule is O=C(CN1CCOc2ccccc2C1)NC(c1ccccc1)C1CC(O)C1. The molecule has 2 N–H and O–H groups in total. The van der Waals surface area contributed by atoms with Crippen molar-refractivity contribution in [3.05, 3.63) is 65.7 Å². The van der Waals surface area contributed by atoms with Crippen LogP contribution >= 0.6 is 0 Å². The van der Waals surface area contributed by atoms with Crippen molar-refractivity contribution < 1.29 is 14.6 Å². The molecular weight excluding hydrogens is 340 g/mol. The molecule has 2 aliphatic rings. The zero-order valence-electron chi connectivity index (χ0n) is 15.4. The molecule has 5 heteroatoms. The van der Waals surface area contributed by atoms with E-state index in [9.17, 15) is 9.90 Å². The zero-order valence-corrected chi connectivity index (χ0v) is 15.4. The number of hydrogen-bond acceptors (Lipinski definition) is 4. The molecule has 2 aromatic rings. The number of carbonyl (C=O) groups excluding carboxylic acids is 1. The van der Waals surface area contributed by atoms with Crippen LogP contribution in [0, 0.1) is 5.92 Å². The van der Waals surface area contributed by atoms with Gasteiger partial charge < -0.3 is 15.2 Å². The molecule has 0 saturated heterocycles. The molecule has 1 amide bonds. The number of amides is 1. The Morgan fingerprint density at radius 3 is 2.67 bits per heavy atom. The number of benzene rings is 2. The molecule has 0 aromatic heterocycles. The highest BCUT2D eigenvalue weighted by atomic mass is 16.5. The van der Waals surface area contributed by atoms with Crippen molar-refractivity contribution in [2.75, 3.05) is 19.7 Å². The van der Waals surface area contributed by atoms with Gasteiger partial charge in [0.15, 0.2) is 0 Å². The van der Waals surface area contributed by atoms with Crippen LogP contribution in [0.5, 0.6) is 5.75 Å². The van der Waals surface area contributed by atoms with Gasteiger partial charge in [0.05, 0.1) is 18.7 Å². The van der Waals surface area contributed by atoms with Crippen LogP contribution in [0.2, 0.25) is 0 Å². The number of nitrogens with one attached hydrogen (secondary N) is 1. The number of carbonyl (C=O) groups is 1. The summed E-state index contributed by atoms with van der Waals surface area (Å²) in [7, 11) is 0. The van der Waals surface area contributed by atoms with Crippen LogP contribution in [0.15, 0.2) is 54.6 Å². The van der Waals surface area contributed by atoms with Gasteiger partial charge in [0.1, 0.15) is 12.4 Å². The van der Waals surface area contributed by atoms with Crippen LogP contribution in [0.3, 0.4) is 0 Å². The van der Waals surface area contributed by atoms with Gasteiger partial charge in [-0.3, -0.25) is 9.69 Å². The standard InChI is InChI=1S/C22H26N2O3/c25-19-12-18(13-19)22(16-6-2-1-3-7-16)23-21(26)15-24-10-11-27-20-9-5-4-8-17(20)14-24/h1-9,18-19,22,25H,10-15H2,(H,23,26). The zero-order chi connectivity index (χ0) is 18.6. The van der Waals surface area contributed by atoms with Crippen molar-refractivity contribution in [2.24, 2.45) is 5.92 Å². The van der Waals surface area contributed by atoms with Gasteiger partial charge in [0, 0.05) is 18.7 Å². The molecule has 0 spiro atoms. The molecule has 1 unspecified atom stereocenters. The normalized spacial score (nSPS) is 23.3. The predicted molar refractivity (Wildman–Crippen MR) is 103 cm³/mol. The van der Waals surface area contributed by atoms with Crippen LogP contribution in [-0.2, 0) is 11.3 Å². The van der Waals surface area contributed by atoms with Gasteiger partial charge in [-0.25, -0.2) is 0 Å². The Hall–Kier alpha value is -2.37. The highest BCUT2D eigenvalue weighted by molar-refractivity contribution is 5.78. The fourth-order valence-electron chi connectivity index (χ4n) is 3.97. The summed E-state index contributed by atoms with van der Waals surface area (Å²) >= 11 is 0. The minimum absolute atomic E-state index is 0.0182. The summed E-state index contributed by atoms with van der Waals surface area (Å²) in [5.41, 5.74) is 2.22. The lowest BCUT2D eigenvalue weighted by atomic mass is 9.75. The number of aliphatic hydroxyl groups excluding tert-OH is 1. The number of ether oxygens (including phenoxy) is 1. The highest BCUT2D eigenvalue weighted by Gasteiger charge is 2.35. The van der Waals surface area contributed by atoms with Crippen molar-refractivity contribution >= 4 is 5.91 Å². The molecule has 1 atom stereocenters. The monoisotopic (exact) mass is 366 g/mol. The molecule has 27 heavy (non-hydrogen) atoms. The summed E-state index contributed by atoms with van der Waals surface area (Å²) in [5.74, 6) is 1.22. The Balaban J connectivity index is 1.41. The van der Waals surface area contributed by atoms with E-state index in [1.54, 1.807) is 0 Å². The lowest BCUT2D eigenvalue weighted by Crippen LogP contribution is -2.45. The number of para-hydroxylation sites is 1. The van der Waals surface area contributed by atoms with Crippen molar-refractivity contribution in [2.45, 2.75) is 31.5 Å². The maximum Gasteiger partial charge on any atom is 0.234 e. The van der Waals surface area contributed by atoms with Crippen molar-refractivity contribution in [1.29, 1.82) is 0 Å². The van der Waals surface area contributed by atoms with E-state index in [-0.39, 0.29) is 18.1 Å². The summed E-state index contributed by atoms with van der Waals surface area (Å²) < 4.78 is 5.79. The topological polar surface area (TPSA) is 61.8 Å². The smallest absolute Gasteiger partial charge is 0.234 e. The average molecular weight is 366 g/mol. The quantitative estimate of drug-likeness (QED) is 0.854. The van der Waals surface area contributed by atoms with E-state index in [1.807, 2.05) is 54.6 Å². The summed E-state index contributed by atoms with van der Waals surface area (Å²) in [6, 6.07) is 18.0. The number of hydrogen-bond donors (Lipinski definition) is 2. The number of rotatable bonds is 5. The molecule has 2 aromatic carbocycles. The summed E-state index contributed by atoms with van der Waals surface area (Å²) in [6.45, 7) is 2.36. The molecule has 0 bridgehead atoms. The lowest BCUT2D eigenvalue weighted by Gasteiger charge is -2.38. The molecule has 1 aliphatic heterocycles. The molecular formula is C22H26N2O3. The van der Waals surface area contributed by atoms with E-state index in [2.05, 4.69) is 10.2 Å². The average Bonchev–Trinajstić information content (AvgIpc) is 2.86. The van der Waals surface area contributed by atoms with E-state index in [4.69, 9.17) is 4.74 Å². The summed E-state index contributed by atoms with van der Waals surface area (Å²) in [4.78, 5) is 14.9. The maximum absolute atomic E-state index is 12.8. The molecule has 1 heterocycles. The van der Waals surface area contributed by atoms with Crippen LogP contribution in [0.25, 0.3) is 0 Å². The van der Waals surface area contributed by atoms with Gasteiger partial charge in [-0.15, -0.1) is 0 Å². The lowest BCUT2D eigenvalue weighted by molar-refractivity contribution is -0.124. The van der Waals surface area contributed by atoms with Gasteiger partial charge in [0.25, 0.3) is 0 Å². The second-order valence-electron chi connectivity index (χ2n) is 7.51. The molecule has 1 aliphatic carbocycles. The Morgan fingerprint density at radius 2 is 1.89 bits per heavy atom. The first kappa shape index (κ1) is 18.0. The molecule has 4 rings (SSSR count). The number of aliphatic hydroxyl groups is 1. The fourth-order valence-corrected chi connectivity index (χ4v) is 3.97. The summed E-state index contributed by atoms with van der Waals surface area (Å²) in [6.07, 6.45) is 1.24. The van der Waals surface area contributed by atoms with E-state index in [0.717, 1.165) is 36.3 Å². The van der Waals surface area contributed by atoms with Crippen molar-refractivity contribution in [3.8, 4) is 5.75 Å². The first-order valence-corrected chi connectivity index (χ1v) is 9.64. The molecule has 0 radical (unpaired) electrons. The van der Waals surface area contributed by atoms with E-state index in [0.29, 0.717) is 25.6 Å². The van der Waals surface area contributed by atoms with Crippen LogP contribution < -0.4 is 10.1 Å². The second-order valence-corrected chi connectivity index (χ2v) is 7.51. The molecule has 1 saturated carbocycles. The van der Waals surface area contributed by atoms with E-state index >= 15 is 0 Å². The van der Waals surface area contributed by atoms with Crippen LogP contribution in [0.1, 0.15) is 30.0 Å². The molecule has 1 fully saturated rings. The van der Waals surface area contributed by atoms with Gasteiger partial charge in [-0.05, 0) is 30.4 Å². The minimum atomic E-state index is -0.239. The minimum Gasteiger partial charge on any atom is -0.492 e. The third-order valence-corrected chi connectivity index (χ3v) is 5.50.